The number of amides is 2. The van der Waals surface area contributed by atoms with Crippen molar-refractivity contribution in [3.63, 3.8) is 0 Å². The quantitative estimate of drug-likeness (QED) is 0.616. The summed E-state index contributed by atoms with van der Waals surface area (Å²) >= 11 is 6.98. The van der Waals surface area contributed by atoms with E-state index in [1.54, 1.807) is 42.1 Å². The van der Waals surface area contributed by atoms with Gasteiger partial charge in [-0.1, -0.05) is 12.2 Å². The highest BCUT2D eigenvalue weighted by atomic mass is 32.2. The number of nitrogens with one attached hydrogen (secondary N) is 1. The van der Waals surface area contributed by atoms with Crippen molar-refractivity contribution < 1.29 is 14.3 Å². The molecule has 1 heterocycles. The number of thiocarbonyl (C=S) groups is 1. The first-order chi connectivity index (χ1) is 12.5. The van der Waals surface area contributed by atoms with E-state index in [1.807, 2.05) is 18.4 Å². The maximum absolute atomic E-state index is 13.1. The lowest BCUT2D eigenvalue weighted by molar-refractivity contribution is 0.257. The van der Waals surface area contributed by atoms with Crippen LogP contribution in [0.4, 0.5) is 16.2 Å². The number of hydrogen-bond donors (Lipinski definition) is 1. The smallest absolute Gasteiger partial charge is 0.340 e. The normalized spacial score (nSPS) is 14.2. The lowest BCUT2D eigenvalue weighted by Gasteiger charge is -2.20. The summed E-state index contributed by atoms with van der Waals surface area (Å²) in [5.41, 5.74) is 1.03. The second kappa shape index (κ2) is 7.35. The number of nitrogens with zero attached hydrogens (tertiary/aromatic N) is 2. The molecular weight excluding hydrogens is 370 g/mol. The van der Waals surface area contributed by atoms with E-state index in [9.17, 15) is 4.79 Å². The van der Waals surface area contributed by atoms with Crippen LogP contribution in [0.1, 0.15) is 0 Å². The fourth-order valence-electron chi connectivity index (χ4n) is 2.64. The molecule has 1 saturated heterocycles. The number of urea groups is 1. The second-order valence-corrected chi connectivity index (χ2v) is 6.61. The molecule has 1 N–H and O–H groups in total. The van der Waals surface area contributed by atoms with Crippen molar-refractivity contribution >= 4 is 52.2 Å². The number of ether oxygens (including phenoxy) is 2. The molecule has 0 bridgehead atoms. The van der Waals surface area contributed by atoms with E-state index in [2.05, 4.69) is 0 Å². The molecule has 2 aromatic carbocycles. The number of hydrogen-bond acceptors (Lipinski definition) is 6. The summed E-state index contributed by atoms with van der Waals surface area (Å²) in [6.07, 6.45) is 1.98. The fourth-order valence-corrected chi connectivity index (χ4v) is 3.31. The van der Waals surface area contributed by atoms with Gasteiger partial charge in [-0.2, -0.15) is 0 Å². The summed E-state index contributed by atoms with van der Waals surface area (Å²) in [6.45, 7) is 0. The first-order valence-electron chi connectivity index (χ1n) is 7.65. The Morgan fingerprint density at radius 3 is 2.31 bits per heavy atom. The highest BCUT2D eigenvalue weighted by Gasteiger charge is 2.41. The lowest BCUT2D eigenvalue weighted by atomic mass is 10.2. The third-order valence-corrected chi connectivity index (χ3v) is 5.09. The first kappa shape index (κ1) is 18.2. The minimum Gasteiger partial charge on any atom is -0.497 e. The van der Waals surface area contributed by atoms with Crippen LogP contribution in [0, 0.1) is 5.41 Å². The number of rotatable bonds is 5. The van der Waals surface area contributed by atoms with E-state index in [0.717, 1.165) is 4.90 Å². The predicted molar refractivity (Wildman–Crippen MR) is 108 cm³/mol. The van der Waals surface area contributed by atoms with Crippen LogP contribution >= 0.6 is 24.0 Å². The van der Waals surface area contributed by atoms with E-state index >= 15 is 0 Å². The number of anilines is 2. The molecule has 0 aromatic heterocycles. The van der Waals surface area contributed by atoms with Crippen molar-refractivity contribution in [3.05, 3.63) is 42.5 Å². The standard InChI is InChI=1S/C18H17N3O3S2/c1-23-12-6-9-15(24-2)14(10-12)21-17(25)16(19)20(18(21)22)11-4-7-13(26-3)8-5-11/h4-10,19H,1-3H3. The zero-order chi connectivity index (χ0) is 18.8. The molecule has 0 unspecified atom stereocenters. The van der Waals surface area contributed by atoms with Gasteiger partial charge in [0.25, 0.3) is 0 Å². The van der Waals surface area contributed by atoms with E-state index in [4.69, 9.17) is 27.1 Å². The minimum absolute atomic E-state index is 0.0493. The van der Waals surface area contributed by atoms with Crippen LogP contribution < -0.4 is 19.3 Å². The van der Waals surface area contributed by atoms with Crippen LogP contribution in [0.3, 0.4) is 0 Å². The number of thioether (sulfide) groups is 1. The Morgan fingerprint density at radius 2 is 1.73 bits per heavy atom. The van der Waals surface area contributed by atoms with Crippen LogP contribution in [-0.4, -0.2) is 37.3 Å². The van der Waals surface area contributed by atoms with Crippen molar-refractivity contribution in [2.75, 3.05) is 30.3 Å². The van der Waals surface area contributed by atoms with Crippen LogP contribution in [0.2, 0.25) is 0 Å². The number of carbonyl (C=O) groups is 1. The van der Waals surface area contributed by atoms with Gasteiger partial charge in [0.2, 0.25) is 0 Å². The van der Waals surface area contributed by atoms with Crippen molar-refractivity contribution in [2.45, 2.75) is 4.90 Å². The molecule has 6 nitrogen and oxygen atoms in total. The van der Waals surface area contributed by atoms with Crippen LogP contribution in [-0.2, 0) is 0 Å². The first-order valence-corrected chi connectivity index (χ1v) is 9.28. The van der Waals surface area contributed by atoms with Crippen molar-refractivity contribution in [1.29, 1.82) is 5.41 Å². The Kier molecular flexibility index (Phi) is 5.15. The zero-order valence-corrected chi connectivity index (χ0v) is 16.1. The monoisotopic (exact) mass is 387 g/mol. The third-order valence-electron chi connectivity index (χ3n) is 3.97. The van der Waals surface area contributed by atoms with Gasteiger partial charge < -0.3 is 9.47 Å². The molecule has 0 saturated carbocycles. The number of amidine groups is 1. The van der Waals surface area contributed by atoms with Gasteiger partial charge >= 0.3 is 6.03 Å². The van der Waals surface area contributed by atoms with Crippen LogP contribution in [0.5, 0.6) is 11.5 Å². The molecule has 3 rings (SSSR count). The molecule has 1 fully saturated rings. The van der Waals surface area contributed by atoms with Gasteiger partial charge in [0.15, 0.2) is 10.8 Å². The van der Waals surface area contributed by atoms with E-state index in [-0.39, 0.29) is 10.8 Å². The minimum atomic E-state index is -0.427. The lowest BCUT2D eigenvalue weighted by Crippen LogP contribution is -2.33. The predicted octanol–water partition coefficient (Wildman–Crippen LogP) is 4.18. The van der Waals surface area contributed by atoms with Gasteiger partial charge in [-0.3, -0.25) is 5.41 Å². The maximum Gasteiger partial charge on any atom is 0.340 e. The Bertz CT molecular complexity index is 884. The Hall–Kier alpha value is -2.58. The van der Waals surface area contributed by atoms with E-state index in [1.165, 1.54) is 24.0 Å². The molecule has 0 atom stereocenters. The topological polar surface area (TPSA) is 65.9 Å². The molecule has 2 amide bonds. The zero-order valence-electron chi connectivity index (χ0n) is 14.5. The van der Waals surface area contributed by atoms with Crippen LogP contribution in [0.15, 0.2) is 47.4 Å². The SMILES string of the molecule is COc1ccc(OC)c(N2C(=O)N(c3ccc(SC)cc3)C(=N)C2=S)c1. The summed E-state index contributed by atoms with van der Waals surface area (Å²) in [6, 6.07) is 12.1. The number of benzene rings is 2. The molecule has 1 aliphatic heterocycles. The summed E-state index contributed by atoms with van der Waals surface area (Å²) in [5, 5.41) is 8.33. The second-order valence-electron chi connectivity index (χ2n) is 5.34. The highest BCUT2D eigenvalue weighted by molar-refractivity contribution is 7.98. The van der Waals surface area contributed by atoms with Gasteiger partial charge in [0.05, 0.1) is 25.6 Å². The number of methoxy groups -OCH3 is 2. The molecule has 26 heavy (non-hydrogen) atoms. The van der Waals surface area contributed by atoms with Crippen LogP contribution in [0.25, 0.3) is 0 Å². The Morgan fingerprint density at radius 1 is 1.04 bits per heavy atom. The van der Waals surface area contributed by atoms with E-state index < -0.39 is 6.03 Å². The third kappa shape index (κ3) is 3.02. The molecule has 0 spiro atoms. The van der Waals surface area contributed by atoms with Crippen molar-refractivity contribution in [1.82, 2.24) is 0 Å². The van der Waals surface area contributed by atoms with Gasteiger partial charge in [0, 0.05) is 11.0 Å². The van der Waals surface area contributed by atoms with Gasteiger partial charge in [0.1, 0.15) is 11.5 Å². The van der Waals surface area contributed by atoms with Gasteiger partial charge in [-0.25, -0.2) is 14.6 Å². The van der Waals surface area contributed by atoms with E-state index in [0.29, 0.717) is 22.9 Å². The van der Waals surface area contributed by atoms with Gasteiger partial charge in [-0.15, -0.1) is 11.8 Å². The molecular formula is C18H17N3O3S2. The Labute approximate surface area is 161 Å². The molecule has 134 valence electrons. The summed E-state index contributed by atoms with van der Waals surface area (Å²) in [7, 11) is 3.05. The van der Waals surface area contributed by atoms with Crippen molar-refractivity contribution in [2.24, 2.45) is 0 Å². The highest BCUT2D eigenvalue weighted by Crippen LogP contribution is 2.37. The largest absolute Gasteiger partial charge is 0.497 e. The summed E-state index contributed by atoms with van der Waals surface area (Å²) in [5.74, 6) is 0.978. The average Bonchev–Trinajstić information content (AvgIpc) is 2.90. The summed E-state index contributed by atoms with van der Waals surface area (Å²) in [4.78, 5) is 16.8. The molecule has 2 aromatic rings. The molecule has 0 radical (unpaired) electrons. The average molecular weight is 387 g/mol. The Balaban J connectivity index is 2.04. The molecule has 1 aliphatic rings. The molecule has 0 aliphatic carbocycles. The fraction of sp³-hybridized carbons (Fsp3) is 0.167. The summed E-state index contributed by atoms with van der Waals surface area (Å²) < 4.78 is 10.6. The van der Waals surface area contributed by atoms with Gasteiger partial charge in [-0.05, 0) is 42.7 Å². The number of carbonyl (C=O) groups excluding carboxylic acids is 1. The molecule has 8 heteroatoms. The maximum atomic E-state index is 13.1. The van der Waals surface area contributed by atoms with Crippen molar-refractivity contribution in [3.8, 4) is 11.5 Å².